The van der Waals surface area contributed by atoms with Crippen LogP contribution in [-0.4, -0.2) is 41.3 Å². The van der Waals surface area contributed by atoms with E-state index in [1.54, 1.807) is 18.7 Å². The molecule has 2 amide bonds. The van der Waals surface area contributed by atoms with E-state index in [0.717, 1.165) is 17.8 Å². The van der Waals surface area contributed by atoms with Crippen molar-refractivity contribution in [2.24, 2.45) is 23.7 Å². The van der Waals surface area contributed by atoms with E-state index in [4.69, 9.17) is 0 Å². The summed E-state index contributed by atoms with van der Waals surface area (Å²) in [7, 11) is 0. The molecule has 0 aromatic heterocycles. The van der Waals surface area contributed by atoms with E-state index in [2.05, 4.69) is 10.6 Å². The maximum atomic E-state index is 12.1. The Kier molecular flexibility index (Phi) is 4.42. The Morgan fingerprint density at radius 3 is 2.81 bits per heavy atom. The van der Waals surface area contributed by atoms with Gasteiger partial charge in [-0.25, -0.2) is 4.79 Å². The molecule has 3 fully saturated rings. The molecule has 0 heterocycles. The molecule has 21 heavy (non-hydrogen) atoms. The number of hydrogen-bond acceptors (Lipinski definition) is 3. The normalized spacial score (nSPS) is 39.9. The first-order chi connectivity index (χ1) is 10.00. The molecule has 120 valence electrons. The second kappa shape index (κ2) is 5.99. The van der Waals surface area contributed by atoms with E-state index in [0.29, 0.717) is 24.3 Å². The molecule has 6 unspecified atom stereocenters. The van der Waals surface area contributed by atoms with Crippen LogP contribution in [0.25, 0.3) is 0 Å². The summed E-state index contributed by atoms with van der Waals surface area (Å²) >= 11 is 1.59. The molecule has 5 heteroatoms. The standard InChI is InChI=1S/C16H28N2O2S/c1-16(20,9-21-2)8-17-15(19)18-14-7-10-6-13(14)12-5-3-4-11(10)12/h10-14,20H,3-9H2,1-2H3,(H2,17,18,19). The van der Waals surface area contributed by atoms with E-state index in [1.165, 1.54) is 32.1 Å². The molecular weight excluding hydrogens is 284 g/mol. The topological polar surface area (TPSA) is 61.4 Å². The molecule has 2 bridgehead atoms. The van der Waals surface area contributed by atoms with Crippen LogP contribution in [0.2, 0.25) is 0 Å². The molecule has 3 aliphatic carbocycles. The van der Waals surface area contributed by atoms with Crippen molar-refractivity contribution in [1.82, 2.24) is 10.6 Å². The highest BCUT2D eigenvalue weighted by molar-refractivity contribution is 7.98. The lowest BCUT2D eigenvalue weighted by molar-refractivity contribution is 0.0864. The Labute approximate surface area is 131 Å². The van der Waals surface area contributed by atoms with E-state index in [-0.39, 0.29) is 6.03 Å². The molecular formula is C16H28N2O2S. The Hall–Kier alpha value is -0.420. The summed E-state index contributed by atoms with van der Waals surface area (Å²) in [5.74, 6) is 4.02. The number of amides is 2. The van der Waals surface area contributed by atoms with Gasteiger partial charge in [0.2, 0.25) is 0 Å². The van der Waals surface area contributed by atoms with Crippen LogP contribution in [0.15, 0.2) is 0 Å². The van der Waals surface area contributed by atoms with E-state index in [1.807, 2.05) is 6.26 Å². The third kappa shape index (κ3) is 3.19. The summed E-state index contributed by atoms with van der Waals surface area (Å²) in [5.41, 5.74) is -0.831. The zero-order chi connectivity index (χ0) is 15.0. The van der Waals surface area contributed by atoms with Crippen molar-refractivity contribution in [3.8, 4) is 0 Å². The summed E-state index contributed by atoms with van der Waals surface area (Å²) in [6, 6.07) is 0.253. The average molecular weight is 312 g/mol. The third-order valence-electron chi connectivity index (χ3n) is 5.83. The van der Waals surface area contributed by atoms with Crippen LogP contribution in [0.4, 0.5) is 4.79 Å². The summed E-state index contributed by atoms with van der Waals surface area (Å²) < 4.78 is 0. The largest absolute Gasteiger partial charge is 0.387 e. The van der Waals surface area contributed by atoms with Crippen molar-refractivity contribution in [3.05, 3.63) is 0 Å². The van der Waals surface area contributed by atoms with Gasteiger partial charge < -0.3 is 15.7 Å². The van der Waals surface area contributed by atoms with Crippen molar-refractivity contribution < 1.29 is 9.90 Å². The first-order valence-corrected chi connectivity index (χ1v) is 9.65. The summed E-state index contributed by atoms with van der Waals surface area (Å²) in [4.78, 5) is 12.1. The van der Waals surface area contributed by atoms with E-state index < -0.39 is 5.60 Å². The minimum atomic E-state index is -0.831. The monoisotopic (exact) mass is 312 g/mol. The summed E-state index contributed by atoms with van der Waals surface area (Å²) in [6.45, 7) is 2.08. The predicted molar refractivity (Wildman–Crippen MR) is 86.4 cm³/mol. The SMILES string of the molecule is CSCC(C)(O)CNC(=O)NC1CC2CC1C1CCCC21. The van der Waals surface area contributed by atoms with Gasteiger partial charge in [0.15, 0.2) is 0 Å². The summed E-state index contributed by atoms with van der Waals surface area (Å²) in [5, 5.41) is 16.1. The second-order valence-electron chi connectivity index (χ2n) is 7.52. The zero-order valence-corrected chi connectivity index (χ0v) is 13.9. The van der Waals surface area contributed by atoms with Crippen LogP contribution in [0.1, 0.15) is 39.0 Å². The summed E-state index contributed by atoms with van der Waals surface area (Å²) in [6.07, 6.45) is 8.63. The number of carbonyl (C=O) groups is 1. The number of hydrogen-bond donors (Lipinski definition) is 3. The van der Waals surface area contributed by atoms with Crippen molar-refractivity contribution in [2.75, 3.05) is 18.6 Å². The Morgan fingerprint density at radius 1 is 1.29 bits per heavy atom. The first-order valence-electron chi connectivity index (χ1n) is 8.26. The van der Waals surface area contributed by atoms with Gasteiger partial charge in [-0.2, -0.15) is 11.8 Å². The van der Waals surface area contributed by atoms with Crippen LogP contribution in [-0.2, 0) is 0 Å². The fourth-order valence-corrected chi connectivity index (χ4v) is 5.81. The number of fused-ring (bicyclic) bond motifs is 5. The van der Waals surface area contributed by atoms with Gasteiger partial charge in [0.1, 0.15) is 0 Å². The molecule has 0 saturated heterocycles. The van der Waals surface area contributed by atoms with Crippen LogP contribution >= 0.6 is 11.8 Å². The molecule has 3 rings (SSSR count). The molecule has 3 aliphatic rings. The average Bonchev–Trinajstić information content (AvgIpc) is 3.08. The maximum Gasteiger partial charge on any atom is 0.315 e. The zero-order valence-electron chi connectivity index (χ0n) is 13.1. The lowest BCUT2D eigenvalue weighted by Crippen LogP contribution is -2.50. The van der Waals surface area contributed by atoms with Gasteiger partial charge >= 0.3 is 6.03 Å². The highest BCUT2D eigenvalue weighted by Crippen LogP contribution is 2.58. The number of aliphatic hydroxyl groups is 1. The highest BCUT2D eigenvalue weighted by atomic mass is 32.2. The molecule has 3 saturated carbocycles. The molecule has 0 aromatic carbocycles. The van der Waals surface area contributed by atoms with Gasteiger partial charge in [0.25, 0.3) is 0 Å². The van der Waals surface area contributed by atoms with Crippen LogP contribution in [0.5, 0.6) is 0 Å². The van der Waals surface area contributed by atoms with Crippen LogP contribution < -0.4 is 10.6 Å². The Morgan fingerprint density at radius 2 is 2.05 bits per heavy atom. The molecule has 0 spiro atoms. The van der Waals surface area contributed by atoms with Crippen molar-refractivity contribution >= 4 is 17.8 Å². The van der Waals surface area contributed by atoms with Gasteiger partial charge in [0, 0.05) is 18.3 Å². The van der Waals surface area contributed by atoms with Gasteiger partial charge in [-0.05, 0) is 62.5 Å². The number of carbonyl (C=O) groups excluding carboxylic acids is 1. The minimum absolute atomic E-state index is 0.108. The van der Waals surface area contributed by atoms with Gasteiger partial charge in [-0.3, -0.25) is 0 Å². The lowest BCUT2D eigenvalue weighted by Gasteiger charge is -2.32. The fourth-order valence-electron chi connectivity index (χ4n) is 5.09. The molecule has 0 aliphatic heterocycles. The first kappa shape index (κ1) is 15.5. The smallest absolute Gasteiger partial charge is 0.315 e. The van der Waals surface area contributed by atoms with Crippen molar-refractivity contribution in [1.29, 1.82) is 0 Å². The van der Waals surface area contributed by atoms with Crippen LogP contribution in [0.3, 0.4) is 0 Å². The Balaban J connectivity index is 1.46. The second-order valence-corrected chi connectivity index (χ2v) is 8.38. The molecule has 4 nitrogen and oxygen atoms in total. The number of rotatable bonds is 5. The third-order valence-corrected chi connectivity index (χ3v) is 6.74. The molecule has 3 N–H and O–H groups in total. The molecule has 0 aromatic rings. The minimum Gasteiger partial charge on any atom is -0.387 e. The molecule has 6 atom stereocenters. The highest BCUT2D eigenvalue weighted by Gasteiger charge is 2.54. The number of nitrogens with one attached hydrogen (secondary N) is 2. The van der Waals surface area contributed by atoms with Crippen LogP contribution in [0, 0.1) is 23.7 Å². The quantitative estimate of drug-likeness (QED) is 0.729. The van der Waals surface area contributed by atoms with Gasteiger partial charge in [0.05, 0.1) is 5.60 Å². The number of thioether (sulfide) groups is 1. The van der Waals surface area contributed by atoms with Crippen molar-refractivity contribution in [3.63, 3.8) is 0 Å². The Bertz CT molecular complexity index is 402. The fraction of sp³-hybridized carbons (Fsp3) is 0.938. The van der Waals surface area contributed by atoms with Crippen molar-refractivity contribution in [2.45, 2.75) is 50.7 Å². The van der Waals surface area contributed by atoms with E-state index in [9.17, 15) is 9.90 Å². The maximum absolute atomic E-state index is 12.1. The van der Waals surface area contributed by atoms with Gasteiger partial charge in [-0.15, -0.1) is 0 Å². The van der Waals surface area contributed by atoms with Gasteiger partial charge in [-0.1, -0.05) is 6.42 Å². The number of urea groups is 1. The lowest BCUT2D eigenvalue weighted by atomic mass is 9.79. The van der Waals surface area contributed by atoms with E-state index >= 15 is 0 Å². The molecule has 0 radical (unpaired) electrons. The predicted octanol–water partition coefficient (Wildman–Crippen LogP) is 2.22.